The van der Waals surface area contributed by atoms with E-state index in [1.165, 1.54) is 0 Å². The maximum absolute atomic E-state index is 12.7. The van der Waals surface area contributed by atoms with E-state index >= 15 is 0 Å². The first-order valence-electron chi connectivity index (χ1n) is 8.93. The molecule has 0 aromatic heterocycles. The minimum atomic E-state index is -0.0623. The molecule has 0 spiro atoms. The number of carbonyl (C=O) groups is 2. The van der Waals surface area contributed by atoms with Gasteiger partial charge in [-0.15, -0.1) is 12.4 Å². The van der Waals surface area contributed by atoms with Crippen molar-refractivity contribution in [1.29, 1.82) is 0 Å². The van der Waals surface area contributed by atoms with Gasteiger partial charge in [0.15, 0.2) is 11.5 Å². The molecule has 2 heterocycles. The van der Waals surface area contributed by atoms with Crippen LogP contribution in [0.25, 0.3) is 0 Å². The Kier molecular flexibility index (Phi) is 6.06. The molecule has 0 atom stereocenters. The third-order valence-corrected chi connectivity index (χ3v) is 4.91. The zero-order valence-electron chi connectivity index (χ0n) is 15.3. The second-order valence-corrected chi connectivity index (χ2v) is 6.55. The average Bonchev–Trinajstić information content (AvgIpc) is 3.21. The lowest BCUT2D eigenvalue weighted by molar-refractivity contribution is 0.0535. The number of benzene rings is 2. The number of nitrogens with two attached hydrogens (primary N) is 1. The van der Waals surface area contributed by atoms with Gasteiger partial charge in [0, 0.05) is 43.9 Å². The number of piperazine rings is 1. The summed E-state index contributed by atoms with van der Waals surface area (Å²) in [5, 5.41) is 0. The fourth-order valence-electron chi connectivity index (χ4n) is 3.29. The smallest absolute Gasteiger partial charge is 0.254 e. The maximum Gasteiger partial charge on any atom is 0.254 e. The number of hydrogen-bond donors (Lipinski definition) is 1. The summed E-state index contributed by atoms with van der Waals surface area (Å²) in [7, 11) is 0. The molecule has 148 valence electrons. The third-order valence-electron chi connectivity index (χ3n) is 4.91. The van der Waals surface area contributed by atoms with Gasteiger partial charge < -0.3 is 25.0 Å². The average molecular weight is 404 g/mol. The summed E-state index contributed by atoms with van der Waals surface area (Å²) in [6, 6.07) is 12.5. The highest BCUT2D eigenvalue weighted by Crippen LogP contribution is 2.32. The molecule has 2 aromatic rings. The SMILES string of the molecule is Cl.NCc1ccc(C(=O)N2CCN(C(=O)c3ccc4c(c3)OCO4)CC2)cc1. The van der Waals surface area contributed by atoms with Crippen molar-refractivity contribution in [2.45, 2.75) is 6.54 Å². The zero-order chi connectivity index (χ0) is 18.8. The van der Waals surface area contributed by atoms with Crippen molar-refractivity contribution in [1.82, 2.24) is 9.80 Å². The minimum Gasteiger partial charge on any atom is -0.454 e. The first kappa shape index (κ1) is 20.0. The number of nitrogens with zero attached hydrogens (tertiary/aromatic N) is 2. The Morgan fingerprint density at radius 2 is 1.36 bits per heavy atom. The number of fused-ring (bicyclic) bond motifs is 1. The molecule has 7 nitrogen and oxygen atoms in total. The van der Waals surface area contributed by atoms with Crippen LogP contribution in [0, 0.1) is 0 Å². The van der Waals surface area contributed by atoms with E-state index in [0.717, 1.165) is 5.56 Å². The molecule has 2 N–H and O–H groups in total. The van der Waals surface area contributed by atoms with E-state index in [1.807, 2.05) is 12.1 Å². The van der Waals surface area contributed by atoms with Crippen molar-refractivity contribution < 1.29 is 19.1 Å². The number of ether oxygens (including phenoxy) is 2. The molecule has 8 heteroatoms. The van der Waals surface area contributed by atoms with E-state index in [4.69, 9.17) is 15.2 Å². The Hall–Kier alpha value is -2.77. The standard InChI is InChI=1S/C20H21N3O4.ClH/c21-12-14-1-3-15(4-2-14)19(24)22-7-9-23(10-8-22)20(25)16-5-6-17-18(11-16)27-13-26-17;/h1-6,11H,7-10,12-13,21H2;1H. The predicted molar refractivity (Wildman–Crippen MR) is 106 cm³/mol. The molecule has 1 fully saturated rings. The van der Waals surface area contributed by atoms with E-state index in [0.29, 0.717) is 55.3 Å². The molecule has 2 aromatic carbocycles. The number of carbonyl (C=O) groups excluding carboxylic acids is 2. The second kappa shape index (κ2) is 8.50. The van der Waals surface area contributed by atoms with Crippen molar-refractivity contribution in [3.8, 4) is 11.5 Å². The number of halogens is 1. The quantitative estimate of drug-likeness (QED) is 0.846. The van der Waals surface area contributed by atoms with Crippen LogP contribution in [-0.4, -0.2) is 54.6 Å². The molecule has 0 unspecified atom stereocenters. The lowest BCUT2D eigenvalue weighted by atomic mass is 10.1. The molecular formula is C20H22ClN3O4. The normalized spacial score (nSPS) is 15.2. The first-order chi connectivity index (χ1) is 13.2. The predicted octanol–water partition coefficient (Wildman–Crippen LogP) is 1.89. The fraction of sp³-hybridized carbons (Fsp3) is 0.300. The van der Waals surface area contributed by atoms with Crippen molar-refractivity contribution in [3.63, 3.8) is 0 Å². The Morgan fingerprint density at radius 1 is 0.821 bits per heavy atom. The topological polar surface area (TPSA) is 85.1 Å². The summed E-state index contributed by atoms with van der Waals surface area (Å²) in [6.45, 7) is 2.65. The molecule has 0 radical (unpaired) electrons. The van der Waals surface area contributed by atoms with Gasteiger partial charge in [0.05, 0.1) is 0 Å². The van der Waals surface area contributed by atoms with Gasteiger partial charge in [-0.25, -0.2) is 0 Å². The van der Waals surface area contributed by atoms with E-state index in [9.17, 15) is 9.59 Å². The van der Waals surface area contributed by atoms with Gasteiger partial charge in [-0.1, -0.05) is 12.1 Å². The van der Waals surface area contributed by atoms with Crippen LogP contribution in [0.1, 0.15) is 26.3 Å². The highest BCUT2D eigenvalue weighted by molar-refractivity contribution is 5.96. The monoisotopic (exact) mass is 403 g/mol. The molecule has 4 rings (SSSR count). The van der Waals surface area contributed by atoms with Gasteiger partial charge in [0.25, 0.3) is 11.8 Å². The van der Waals surface area contributed by atoms with Crippen molar-refractivity contribution >= 4 is 24.2 Å². The van der Waals surface area contributed by atoms with Crippen molar-refractivity contribution in [2.75, 3.05) is 33.0 Å². The van der Waals surface area contributed by atoms with Crippen LogP contribution in [0.3, 0.4) is 0 Å². The van der Waals surface area contributed by atoms with Gasteiger partial charge >= 0.3 is 0 Å². The number of hydrogen-bond acceptors (Lipinski definition) is 5. The van der Waals surface area contributed by atoms with Gasteiger partial charge in [0.1, 0.15) is 0 Å². The van der Waals surface area contributed by atoms with E-state index in [1.54, 1.807) is 40.1 Å². The number of rotatable bonds is 3. The molecule has 0 bridgehead atoms. The summed E-state index contributed by atoms with van der Waals surface area (Å²) in [4.78, 5) is 28.9. The summed E-state index contributed by atoms with van der Waals surface area (Å²) in [6.07, 6.45) is 0. The summed E-state index contributed by atoms with van der Waals surface area (Å²) in [5.41, 5.74) is 7.79. The van der Waals surface area contributed by atoms with Crippen LogP contribution in [0.2, 0.25) is 0 Å². The van der Waals surface area contributed by atoms with Crippen LogP contribution in [0.15, 0.2) is 42.5 Å². The van der Waals surface area contributed by atoms with Gasteiger partial charge in [0.2, 0.25) is 6.79 Å². The van der Waals surface area contributed by atoms with Crippen LogP contribution >= 0.6 is 12.4 Å². The number of amides is 2. The molecule has 2 aliphatic rings. The van der Waals surface area contributed by atoms with Crippen LogP contribution < -0.4 is 15.2 Å². The van der Waals surface area contributed by atoms with E-state index in [-0.39, 0.29) is 31.0 Å². The molecule has 1 saturated heterocycles. The molecule has 2 amide bonds. The molecule has 0 saturated carbocycles. The van der Waals surface area contributed by atoms with Crippen LogP contribution in [-0.2, 0) is 6.54 Å². The molecule has 28 heavy (non-hydrogen) atoms. The highest BCUT2D eigenvalue weighted by Gasteiger charge is 2.26. The van der Waals surface area contributed by atoms with Crippen molar-refractivity contribution in [2.24, 2.45) is 5.73 Å². The summed E-state index contributed by atoms with van der Waals surface area (Å²) >= 11 is 0. The van der Waals surface area contributed by atoms with Gasteiger partial charge in [-0.05, 0) is 35.9 Å². The Balaban J connectivity index is 0.00000225. The Bertz CT molecular complexity index is 864. The van der Waals surface area contributed by atoms with E-state index in [2.05, 4.69) is 0 Å². The van der Waals surface area contributed by atoms with Gasteiger partial charge in [-0.2, -0.15) is 0 Å². The summed E-state index contributed by atoms with van der Waals surface area (Å²) in [5.74, 6) is 1.17. The van der Waals surface area contributed by atoms with E-state index < -0.39 is 0 Å². The second-order valence-electron chi connectivity index (χ2n) is 6.55. The van der Waals surface area contributed by atoms with Crippen LogP contribution in [0.5, 0.6) is 11.5 Å². The Morgan fingerprint density at radius 3 is 1.96 bits per heavy atom. The first-order valence-corrected chi connectivity index (χ1v) is 8.93. The largest absolute Gasteiger partial charge is 0.454 e. The lowest BCUT2D eigenvalue weighted by Gasteiger charge is -2.35. The third kappa shape index (κ3) is 3.90. The minimum absolute atomic E-state index is 0. The van der Waals surface area contributed by atoms with Crippen molar-refractivity contribution in [3.05, 3.63) is 59.2 Å². The van der Waals surface area contributed by atoms with Gasteiger partial charge in [-0.3, -0.25) is 9.59 Å². The van der Waals surface area contributed by atoms with Crippen LogP contribution in [0.4, 0.5) is 0 Å². The lowest BCUT2D eigenvalue weighted by Crippen LogP contribution is -2.50. The molecule has 0 aliphatic carbocycles. The molecule has 2 aliphatic heterocycles. The highest BCUT2D eigenvalue weighted by atomic mass is 35.5. The zero-order valence-corrected chi connectivity index (χ0v) is 16.1. The summed E-state index contributed by atoms with van der Waals surface area (Å²) < 4.78 is 10.6. The molecular weight excluding hydrogens is 382 g/mol. The maximum atomic E-state index is 12.7. The fourth-order valence-corrected chi connectivity index (χ4v) is 3.29. The Labute approximate surface area is 169 Å².